The fourth-order valence-electron chi connectivity index (χ4n) is 5.02. The monoisotopic (exact) mass is 384 g/mol. The van der Waals surface area contributed by atoms with E-state index >= 15 is 0 Å². The normalized spacial score (nSPS) is 28.2. The summed E-state index contributed by atoms with van der Waals surface area (Å²) < 4.78 is 11.2. The minimum atomic E-state index is -0.166. The average molecular weight is 385 g/mol. The SMILES string of the molecule is CC/C=C/C(=O)OC1CCC(C2CCC(c3ccc(OCC)cc3)CC2)CC1. The lowest BCUT2D eigenvalue weighted by atomic mass is 9.69. The van der Waals surface area contributed by atoms with Crippen LogP contribution in [0.15, 0.2) is 36.4 Å². The van der Waals surface area contributed by atoms with Gasteiger partial charge in [-0.15, -0.1) is 0 Å². The zero-order valence-corrected chi connectivity index (χ0v) is 17.6. The average Bonchev–Trinajstić information content (AvgIpc) is 2.74. The van der Waals surface area contributed by atoms with Gasteiger partial charge in [0.2, 0.25) is 0 Å². The molecule has 0 unspecified atom stereocenters. The van der Waals surface area contributed by atoms with Crippen molar-refractivity contribution in [3.8, 4) is 5.75 Å². The van der Waals surface area contributed by atoms with Gasteiger partial charge in [-0.1, -0.05) is 25.1 Å². The first-order valence-electron chi connectivity index (χ1n) is 11.3. The third-order valence-corrected chi connectivity index (χ3v) is 6.59. The largest absolute Gasteiger partial charge is 0.494 e. The van der Waals surface area contributed by atoms with Crippen molar-refractivity contribution < 1.29 is 14.3 Å². The molecular weight excluding hydrogens is 348 g/mol. The molecular formula is C25H36O3. The second kappa shape index (κ2) is 10.7. The van der Waals surface area contributed by atoms with Gasteiger partial charge in [0.15, 0.2) is 0 Å². The van der Waals surface area contributed by atoms with Gasteiger partial charge in [0.05, 0.1) is 6.61 Å². The second-order valence-electron chi connectivity index (χ2n) is 8.40. The van der Waals surface area contributed by atoms with Gasteiger partial charge in [0.25, 0.3) is 0 Å². The van der Waals surface area contributed by atoms with E-state index in [1.54, 1.807) is 6.08 Å². The van der Waals surface area contributed by atoms with Crippen LogP contribution in [-0.2, 0) is 9.53 Å². The van der Waals surface area contributed by atoms with Crippen molar-refractivity contribution in [2.75, 3.05) is 6.61 Å². The fourth-order valence-corrected chi connectivity index (χ4v) is 5.02. The maximum Gasteiger partial charge on any atom is 0.330 e. The molecule has 1 aromatic rings. The van der Waals surface area contributed by atoms with E-state index in [0.717, 1.165) is 43.5 Å². The first kappa shape index (κ1) is 21.0. The van der Waals surface area contributed by atoms with Gasteiger partial charge in [-0.05, 0) is 100 Å². The zero-order valence-electron chi connectivity index (χ0n) is 17.6. The van der Waals surface area contributed by atoms with Crippen LogP contribution in [0.2, 0.25) is 0 Å². The van der Waals surface area contributed by atoms with E-state index in [4.69, 9.17) is 9.47 Å². The molecule has 154 valence electrons. The van der Waals surface area contributed by atoms with Crippen LogP contribution in [0.4, 0.5) is 0 Å². The third-order valence-electron chi connectivity index (χ3n) is 6.59. The molecule has 0 bridgehead atoms. The number of hydrogen-bond acceptors (Lipinski definition) is 3. The quantitative estimate of drug-likeness (QED) is 0.401. The van der Waals surface area contributed by atoms with E-state index in [9.17, 15) is 4.79 Å². The van der Waals surface area contributed by atoms with Crippen LogP contribution in [0.5, 0.6) is 5.75 Å². The highest BCUT2D eigenvalue weighted by atomic mass is 16.5. The van der Waals surface area contributed by atoms with Crippen molar-refractivity contribution >= 4 is 5.97 Å². The predicted molar refractivity (Wildman–Crippen MR) is 114 cm³/mol. The Hall–Kier alpha value is -1.77. The Balaban J connectivity index is 1.41. The summed E-state index contributed by atoms with van der Waals surface area (Å²) in [5.74, 6) is 3.19. The molecule has 0 aromatic heterocycles. The van der Waals surface area contributed by atoms with Gasteiger partial charge in [0, 0.05) is 6.08 Å². The van der Waals surface area contributed by atoms with Crippen LogP contribution < -0.4 is 4.74 Å². The molecule has 0 N–H and O–H groups in total. The van der Waals surface area contributed by atoms with Crippen molar-refractivity contribution in [3.05, 3.63) is 42.0 Å². The number of esters is 1. The summed E-state index contributed by atoms with van der Waals surface area (Å²) in [7, 11) is 0. The van der Waals surface area contributed by atoms with Crippen molar-refractivity contribution in [1.82, 2.24) is 0 Å². The Morgan fingerprint density at radius 3 is 2.11 bits per heavy atom. The molecule has 3 nitrogen and oxygen atoms in total. The number of ether oxygens (including phenoxy) is 2. The second-order valence-corrected chi connectivity index (χ2v) is 8.40. The van der Waals surface area contributed by atoms with Crippen molar-refractivity contribution in [3.63, 3.8) is 0 Å². The Labute approximate surface area is 170 Å². The van der Waals surface area contributed by atoms with Crippen LogP contribution >= 0.6 is 0 Å². The molecule has 1 aromatic carbocycles. The summed E-state index contributed by atoms with van der Waals surface area (Å²) >= 11 is 0. The highest BCUT2D eigenvalue weighted by Crippen LogP contribution is 2.43. The van der Waals surface area contributed by atoms with Crippen LogP contribution in [-0.4, -0.2) is 18.7 Å². The summed E-state index contributed by atoms with van der Waals surface area (Å²) in [5.41, 5.74) is 1.47. The lowest BCUT2D eigenvalue weighted by Crippen LogP contribution is -2.29. The lowest BCUT2D eigenvalue weighted by Gasteiger charge is -2.37. The molecule has 0 amide bonds. The topological polar surface area (TPSA) is 35.5 Å². The Kier molecular flexibility index (Phi) is 8.00. The van der Waals surface area contributed by atoms with E-state index in [1.807, 2.05) is 19.9 Å². The molecule has 3 heteroatoms. The Morgan fingerprint density at radius 2 is 1.54 bits per heavy atom. The van der Waals surface area contributed by atoms with E-state index in [2.05, 4.69) is 24.3 Å². The number of hydrogen-bond donors (Lipinski definition) is 0. The van der Waals surface area contributed by atoms with Crippen LogP contribution in [0.25, 0.3) is 0 Å². The van der Waals surface area contributed by atoms with Gasteiger partial charge in [-0.25, -0.2) is 4.79 Å². The van der Waals surface area contributed by atoms with Crippen molar-refractivity contribution in [2.45, 2.75) is 83.7 Å². The number of rotatable bonds is 7. The molecule has 2 fully saturated rings. The number of carbonyl (C=O) groups is 1. The minimum absolute atomic E-state index is 0.130. The molecule has 0 aliphatic heterocycles. The summed E-state index contributed by atoms with van der Waals surface area (Å²) in [5, 5.41) is 0. The first-order valence-corrected chi connectivity index (χ1v) is 11.3. The first-order chi connectivity index (χ1) is 13.7. The van der Waals surface area contributed by atoms with Gasteiger partial charge in [-0.2, -0.15) is 0 Å². The van der Waals surface area contributed by atoms with Gasteiger partial charge >= 0.3 is 5.97 Å². The summed E-state index contributed by atoms with van der Waals surface area (Å²) in [6.07, 6.45) is 14.2. The van der Waals surface area contributed by atoms with Gasteiger partial charge in [0.1, 0.15) is 11.9 Å². The summed E-state index contributed by atoms with van der Waals surface area (Å²) in [4.78, 5) is 11.8. The number of carbonyl (C=O) groups excluding carboxylic acids is 1. The molecule has 0 radical (unpaired) electrons. The standard InChI is InChI=1S/C25H36O3/c1-3-5-6-25(26)28-24-17-13-22(14-18-24)20-9-7-19(8-10-20)21-11-15-23(16-12-21)27-4-2/h5-6,11-12,15-16,19-20,22,24H,3-4,7-10,13-14,17-18H2,1-2H3/b6-5+. The summed E-state index contributed by atoms with van der Waals surface area (Å²) in [6, 6.07) is 8.73. The highest BCUT2D eigenvalue weighted by molar-refractivity contribution is 5.82. The Bertz CT molecular complexity index is 618. The molecule has 0 atom stereocenters. The molecule has 2 aliphatic rings. The van der Waals surface area contributed by atoms with E-state index in [1.165, 1.54) is 44.1 Å². The van der Waals surface area contributed by atoms with E-state index < -0.39 is 0 Å². The van der Waals surface area contributed by atoms with Crippen LogP contribution in [0.1, 0.15) is 83.1 Å². The lowest BCUT2D eigenvalue weighted by molar-refractivity contribution is -0.145. The number of benzene rings is 1. The fraction of sp³-hybridized carbons (Fsp3) is 0.640. The minimum Gasteiger partial charge on any atom is -0.494 e. The van der Waals surface area contributed by atoms with E-state index in [-0.39, 0.29) is 12.1 Å². The third kappa shape index (κ3) is 5.86. The Morgan fingerprint density at radius 1 is 0.929 bits per heavy atom. The van der Waals surface area contributed by atoms with Crippen molar-refractivity contribution in [2.24, 2.45) is 11.8 Å². The molecule has 2 saturated carbocycles. The van der Waals surface area contributed by atoms with E-state index in [0.29, 0.717) is 5.92 Å². The predicted octanol–water partition coefficient (Wildman–Crippen LogP) is 6.43. The number of allylic oxidation sites excluding steroid dienone is 1. The molecule has 2 aliphatic carbocycles. The zero-order chi connectivity index (χ0) is 19.8. The molecule has 0 saturated heterocycles. The van der Waals surface area contributed by atoms with Crippen molar-refractivity contribution in [1.29, 1.82) is 0 Å². The summed E-state index contributed by atoms with van der Waals surface area (Å²) in [6.45, 7) is 4.77. The molecule has 0 heterocycles. The maximum atomic E-state index is 11.8. The molecule has 3 rings (SSSR count). The van der Waals surface area contributed by atoms with Crippen LogP contribution in [0.3, 0.4) is 0 Å². The molecule has 28 heavy (non-hydrogen) atoms. The smallest absolute Gasteiger partial charge is 0.330 e. The van der Waals surface area contributed by atoms with Gasteiger partial charge in [-0.3, -0.25) is 0 Å². The van der Waals surface area contributed by atoms with Gasteiger partial charge < -0.3 is 9.47 Å². The molecule has 0 spiro atoms. The highest BCUT2D eigenvalue weighted by Gasteiger charge is 2.32. The maximum absolute atomic E-state index is 11.8. The van der Waals surface area contributed by atoms with Crippen LogP contribution in [0, 0.1) is 11.8 Å².